The minimum atomic E-state index is -0.807. The van der Waals surface area contributed by atoms with Crippen LogP contribution in [0.2, 0.25) is 0 Å². The van der Waals surface area contributed by atoms with Gasteiger partial charge in [0.05, 0.1) is 0 Å². The van der Waals surface area contributed by atoms with E-state index in [1.165, 1.54) is 83.5 Å². The van der Waals surface area contributed by atoms with E-state index in [0.29, 0.717) is 19.3 Å². The first-order chi connectivity index (χ1) is 36.5. The predicted molar refractivity (Wildman–Crippen MR) is 320 cm³/mol. The van der Waals surface area contributed by atoms with Crippen LogP contribution in [0.5, 0.6) is 0 Å². The molecule has 0 aromatic heterocycles. The van der Waals surface area contributed by atoms with Gasteiger partial charge in [0.25, 0.3) is 0 Å². The molecule has 1 unspecified atom stereocenters. The molecule has 74 heavy (non-hydrogen) atoms. The first kappa shape index (κ1) is 69.5. The van der Waals surface area contributed by atoms with Crippen molar-refractivity contribution in [3.05, 3.63) is 134 Å². The van der Waals surface area contributed by atoms with Gasteiger partial charge in [-0.1, -0.05) is 257 Å². The lowest BCUT2D eigenvalue weighted by Gasteiger charge is -2.18. The second-order valence-corrected chi connectivity index (χ2v) is 19.5. The van der Waals surface area contributed by atoms with E-state index in [2.05, 4.69) is 154 Å². The lowest BCUT2D eigenvalue weighted by Crippen LogP contribution is -2.30. The highest BCUT2D eigenvalue weighted by Gasteiger charge is 2.19. The van der Waals surface area contributed by atoms with E-state index in [-0.39, 0.29) is 37.5 Å². The number of unbranched alkanes of at least 4 members (excludes halogenated alkanes) is 20. The Hall–Kier alpha value is -4.45. The highest BCUT2D eigenvalue weighted by Crippen LogP contribution is 2.15. The van der Waals surface area contributed by atoms with Crippen molar-refractivity contribution in [3.63, 3.8) is 0 Å². The summed E-state index contributed by atoms with van der Waals surface area (Å²) in [5.74, 6) is -0.953. The van der Waals surface area contributed by atoms with E-state index in [1.54, 1.807) is 0 Å². The summed E-state index contributed by atoms with van der Waals surface area (Å²) in [5.41, 5.74) is 0. The first-order valence-corrected chi connectivity index (χ1v) is 30.2. The van der Waals surface area contributed by atoms with E-state index in [9.17, 15) is 14.4 Å². The van der Waals surface area contributed by atoms with Crippen LogP contribution in [0.25, 0.3) is 0 Å². The predicted octanol–water partition coefficient (Wildman–Crippen LogP) is 20.6. The highest BCUT2D eigenvalue weighted by molar-refractivity contribution is 5.71. The average molecular weight is 1020 g/mol. The Morgan fingerprint density at radius 2 is 0.527 bits per heavy atom. The first-order valence-electron chi connectivity index (χ1n) is 30.2. The molecule has 0 N–H and O–H groups in total. The molecule has 0 aromatic rings. The summed E-state index contributed by atoms with van der Waals surface area (Å²) < 4.78 is 16.8. The van der Waals surface area contributed by atoms with E-state index < -0.39 is 6.10 Å². The van der Waals surface area contributed by atoms with Crippen LogP contribution in [0.4, 0.5) is 0 Å². The van der Waals surface area contributed by atoms with Gasteiger partial charge in [0.15, 0.2) is 6.10 Å². The Labute approximate surface area is 455 Å². The van der Waals surface area contributed by atoms with Crippen LogP contribution in [0.15, 0.2) is 134 Å². The number of carbonyl (C=O) groups excluding carboxylic acids is 3. The number of hydrogen-bond donors (Lipinski definition) is 0. The molecule has 0 fully saturated rings. The van der Waals surface area contributed by atoms with Crippen molar-refractivity contribution in [3.8, 4) is 0 Å². The lowest BCUT2D eigenvalue weighted by molar-refractivity contribution is -0.167. The van der Waals surface area contributed by atoms with Crippen molar-refractivity contribution in [2.45, 2.75) is 264 Å². The van der Waals surface area contributed by atoms with E-state index in [1.807, 2.05) is 0 Å². The number of esters is 3. The molecule has 6 nitrogen and oxygen atoms in total. The third-order valence-electron chi connectivity index (χ3n) is 12.4. The van der Waals surface area contributed by atoms with Gasteiger partial charge in [0.1, 0.15) is 13.2 Å². The Kier molecular flexibility index (Phi) is 57.4. The van der Waals surface area contributed by atoms with Crippen LogP contribution >= 0.6 is 0 Å². The molecule has 0 heterocycles. The smallest absolute Gasteiger partial charge is 0.306 e. The van der Waals surface area contributed by atoms with Gasteiger partial charge in [-0.05, 0) is 116 Å². The van der Waals surface area contributed by atoms with Crippen LogP contribution < -0.4 is 0 Å². The van der Waals surface area contributed by atoms with Crippen LogP contribution in [-0.2, 0) is 28.6 Å². The Balaban J connectivity index is 4.38. The van der Waals surface area contributed by atoms with Crippen LogP contribution in [0, 0.1) is 0 Å². The van der Waals surface area contributed by atoms with Gasteiger partial charge in [0.2, 0.25) is 0 Å². The zero-order valence-corrected chi connectivity index (χ0v) is 47.8. The molecule has 0 aromatic carbocycles. The van der Waals surface area contributed by atoms with Crippen molar-refractivity contribution in [2.24, 2.45) is 0 Å². The summed E-state index contributed by atoms with van der Waals surface area (Å²) >= 11 is 0. The Morgan fingerprint density at radius 1 is 0.284 bits per heavy atom. The number of ether oxygens (including phenoxy) is 3. The van der Waals surface area contributed by atoms with Crippen molar-refractivity contribution < 1.29 is 28.6 Å². The third kappa shape index (κ3) is 58.4. The summed E-state index contributed by atoms with van der Waals surface area (Å²) in [6, 6.07) is 0. The quantitative estimate of drug-likeness (QED) is 0.0261. The van der Waals surface area contributed by atoms with Gasteiger partial charge >= 0.3 is 17.9 Å². The minimum Gasteiger partial charge on any atom is -0.462 e. The number of rotatable bonds is 53. The topological polar surface area (TPSA) is 78.9 Å². The molecule has 0 radical (unpaired) electrons. The summed E-state index contributed by atoms with van der Waals surface area (Å²) in [6.07, 6.45) is 85.9. The SMILES string of the molecule is CC/C=C\C/C=C\C/C=C\C/C=C\C/C=C\C/C=C\CCCCC(=O)OC(COC(=O)CCCCCCCCCCCC)COC(=O)CCCCCCCCCCC/C=C\C/C=C\C/C=C\C/C=C\C/C=C\CC. The van der Waals surface area contributed by atoms with Crippen molar-refractivity contribution in [1.82, 2.24) is 0 Å². The zero-order valence-electron chi connectivity index (χ0n) is 47.8. The fraction of sp³-hybridized carbons (Fsp3) is 0.632. The molecule has 0 rings (SSSR count). The molecule has 1 atom stereocenters. The number of allylic oxidation sites excluding steroid dienone is 22. The molecular weight excluding hydrogens is 913 g/mol. The van der Waals surface area contributed by atoms with Gasteiger partial charge in [-0.25, -0.2) is 0 Å². The van der Waals surface area contributed by atoms with Crippen molar-refractivity contribution in [2.75, 3.05) is 13.2 Å². The molecule has 0 bridgehead atoms. The molecule has 0 amide bonds. The average Bonchev–Trinajstić information content (AvgIpc) is 3.40. The van der Waals surface area contributed by atoms with Crippen molar-refractivity contribution >= 4 is 17.9 Å². The molecule has 0 spiro atoms. The largest absolute Gasteiger partial charge is 0.462 e. The van der Waals surface area contributed by atoms with Gasteiger partial charge in [0, 0.05) is 19.3 Å². The molecule has 0 aliphatic carbocycles. The maximum absolute atomic E-state index is 12.9. The molecule has 418 valence electrons. The standard InChI is InChI=1S/C68H110O6/c1-4-7-10-13-16-19-22-24-26-28-30-32-33-34-35-37-38-40-42-44-46-49-52-55-58-61-67(70)73-64-65(63-72-66(69)60-57-54-51-48-21-18-15-12-9-6-3)74-68(71)62-59-56-53-50-47-45-43-41-39-36-31-29-27-25-23-20-17-14-11-8-5-2/h7-8,10-11,16-17,19-20,24-27,30-32,34-36,41,43,47,50,65H,4-6,9,12-15,18,21-23,28-29,33,37-40,42,44-46,48-49,51-64H2,1-3H3/b10-7-,11-8-,19-16-,20-17-,26-24-,27-25-,32-30-,35-34-,36-31-,43-41-,50-47-. The van der Waals surface area contributed by atoms with E-state index in [0.717, 1.165) is 128 Å². The van der Waals surface area contributed by atoms with Gasteiger partial charge < -0.3 is 14.2 Å². The Bertz CT molecular complexity index is 1600. The lowest BCUT2D eigenvalue weighted by atomic mass is 10.1. The number of carbonyl (C=O) groups is 3. The van der Waals surface area contributed by atoms with Gasteiger partial charge in [-0.3, -0.25) is 14.4 Å². The number of hydrogen-bond acceptors (Lipinski definition) is 6. The van der Waals surface area contributed by atoms with Gasteiger partial charge in [-0.2, -0.15) is 0 Å². The molecule has 0 aliphatic rings. The van der Waals surface area contributed by atoms with Crippen molar-refractivity contribution in [1.29, 1.82) is 0 Å². The van der Waals surface area contributed by atoms with Crippen LogP contribution in [0.1, 0.15) is 258 Å². The molecule has 0 saturated carbocycles. The summed E-state index contributed by atoms with van der Waals surface area (Å²) in [5, 5.41) is 0. The summed E-state index contributed by atoms with van der Waals surface area (Å²) in [4.78, 5) is 38.2. The molecule has 6 heteroatoms. The second-order valence-electron chi connectivity index (χ2n) is 19.5. The summed E-state index contributed by atoms with van der Waals surface area (Å²) in [7, 11) is 0. The maximum atomic E-state index is 12.9. The maximum Gasteiger partial charge on any atom is 0.306 e. The minimum absolute atomic E-state index is 0.0997. The zero-order chi connectivity index (χ0) is 53.6. The monoisotopic (exact) mass is 1020 g/mol. The second kappa shape index (κ2) is 61.1. The highest BCUT2D eigenvalue weighted by atomic mass is 16.6. The van der Waals surface area contributed by atoms with E-state index in [4.69, 9.17) is 14.2 Å². The normalized spacial score (nSPS) is 13.1. The Morgan fingerprint density at radius 3 is 0.851 bits per heavy atom. The third-order valence-corrected chi connectivity index (χ3v) is 12.4. The molecular formula is C68H110O6. The molecule has 0 saturated heterocycles. The molecule has 0 aliphatic heterocycles. The summed E-state index contributed by atoms with van der Waals surface area (Å²) in [6.45, 7) is 6.36. The van der Waals surface area contributed by atoms with E-state index >= 15 is 0 Å². The van der Waals surface area contributed by atoms with Gasteiger partial charge in [-0.15, -0.1) is 0 Å². The van der Waals surface area contributed by atoms with Crippen LogP contribution in [-0.4, -0.2) is 37.2 Å². The van der Waals surface area contributed by atoms with Crippen LogP contribution in [0.3, 0.4) is 0 Å². The fourth-order valence-electron chi connectivity index (χ4n) is 7.94. The fourth-order valence-corrected chi connectivity index (χ4v) is 7.94.